The van der Waals surface area contributed by atoms with Gasteiger partial charge in [-0.05, 0) is 31.2 Å². The molecule has 1 aliphatic rings. The van der Waals surface area contributed by atoms with Gasteiger partial charge in [0.1, 0.15) is 24.0 Å². The predicted octanol–water partition coefficient (Wildman–Crippen LogP) is 1.93. The molecule has 100 valence electrons. The molecule has 0 amide bonds. The fourth-order valence-electron chi connectivity index (χ4n) is 2.12. The number of nitriles is 1. The van der Waals surface area contributed by atoms with Gasteiger partial charge in [0, 0.05) is 12.1 Å². The lowest BCUT2D eigenvalue weighted by atomic mass is 10.1. The Kier molecular flexibility index (Phi) is 3.27. The van der Waals surface area contributed by atoms with Crippen LogP contribution in [0.1, 0.15) is 16.8 Å². The van der Waals surface area contributed by atoms with Crippen LogP contribution in [0.25, 0.3) is 0 Å². The van der Waals surface area contributed by atoms with E-state index in [0.29, 0.717) is 18.2 Å². The summed E-state index contributed by atoms with van der Waals surface area (Å²) in [6.45, 7) is 1.49. The third-order valence-corrected chi connectivity index (χ3v) is 3.11. The molecular weight excluding hydrogens is 259 g/mol. The van der Waals surface area contributed by atoms with E-state index < -0.39 is 5.82 Å². The predicted molar refractivity (Wildman–Crippen MR) is 68.6 cm³/mol. The zero-order chi connectivity index (χ0) is 13.9. The Bertz CT molecular complexity index is 696. The van der Waals surface area contributed by atoms with E-state index in [-0.39, 0.29) is 5.56 Å². The molecule has 1 aromatic heterocycles. The lowest BCUT2D eigenvalue weighted by molar-refractivity contribution is 0.443. The van der Waals surface area contributed by atoms with Gasteiger partial charge in [0.15, 0.2) is 0 Å². The number of aromatic nitrogens is 2. The van der Waals surface area contributed by atoms with Gasteiger partial charge in [0.2, 0.25) is 5.88 Å². The quantitative estimate of drug-likeness (QED) is 0.902. The van der Waals surface area contributed by atoms with Crippen LogP contribution < -0.4 is 10.1 Å². The summed E-state index contributed by atoms with van der Waals surface area (Å²) in [5, 5.41) is 12.2. The number of nitrogens with one attached hydrogen (secondary N) is 1. The molecule has 0 fully saturated rings. The minimum Gasteiger partial charge on any atom is -0.437 e. The average molecular weight is 270 g/mol. The highest BCUT2D eigenvalue weighted by Crippen LogP contribution is 2.28. The van der Waals surface area contributed by atoms with Crippen LogP contribution in [0.3, 0.4) is 0 Å². The molecule has 1 aliphatic heterocycles. The van der Waals surface area contributed by atoms with Crippen molar-refractivity contribution in [3.63, 3.8) is 0 Å². The van der Waals surface area contributed by atoms with Gasteiger partial charge in [0.05, 0.1) is 11.3 Å². The van der Waals surface area contributed by atoms with Crippen molar-refractivity contribution in [2.24, 2.45) is 0 Å². The Hall–Kier alpha value is -2.52. The van der Waals surface area contributed by atoms with Crippen LogP contribution in [-0.2, 0) is 13.0 Å². The molecule has 2 heterocycles. The van der Waals surface area contributed by atoms with Crippen molar-refractivity contribution in [3.8, 4) is 17.7 Å². The summed E-state index contributed by atoms with van der Waals surface area (Å²) in [4.78, 5) is 8.32. The van der Waals surface area contributed by atoms with E-state index in [1.54, 1.807) is 0 Å². The molecule has 2 aromatic rings. The van der Waals surface area contributed by atoms with Crippen LogP contribution >= 0.6 is 0 Å². The SMILES string of the molecule is N#Cc1cc(F)ccc1Oc1ncnc2c1CCNC2. The van der Waals surface area contributed by atoms with Crippen molar-refractivity contribution in [1.29, 1.82) is 5.26 Å². The van der Waals surface area contributed by atoms with Gasteiger partial charge < -0.3 is 10.1 Å². The molecule has 1 aromatic carbocycles. The third kappa shape index (κ3) is 2.31. The lowest BCUT2D eigenvalue weighted by Gasteiger charge is -2.18. The molecule has 0 atom stereocenters. The molecule has 0 spiro atoms. The molecule has 0 saturated carbocycles. The normalized spacial score (nSPS) is 13.4. The van der Waals surface area contributed by atoms with E-state index in [2.05, 4.69) is 15.3 Å². The highest BCUT2D eigenvalue weighted by atomic mass is 19.1. The standard InChI is InChI=1S/C14H11FN4O/c15-10-1-2-13(9(5-10)6-16)20-14-11-3-4-17-7-12(11)18-8-19-14/h1-2,5,8,17H,3-4,7H2. The summed E-state index contributed by atoms with van der Waals surface area (Å²) in [7, 11) is 0. The number of hydrogen-bond acceptors (Lipinski definition) is 5. The number of ether oxygens (including phenoxy) is 1. The summed E-state index contributed by atoms with van der Waals surface area (Å²) >= 11 is 0. The number of nitrogens with zero attached hydrogens (tertiary/aromatic N) is 3. The molecule has 1 N–H and O–H groups in total. The summed E-state index contributed by atoms with van der Waals surface area (Å²) in [5.41, 5.74) is 1.97. The fourth-order valence-corrected chi connectivity index (χ4v) is 2.12. The molecule has 0 aliphatic carbocycles. The maximum atomic E-state index is 13.1. The highest BCUT2D eigenvalue weighted by molar-refractivity contribution is 5.46. The topological polar surface area (TPSA) is 70.8 Å². The van der Waals surface area contributed by atoms with Crippen LogP contribution in [0.2, 0.25) is 0 Å². The molecule has 0 radical (unpaired) electrons. The van der Waals surface area contributed by atoms with E-state index in [4.69, 9.17) is 10.00 Å². The summed E-state index contributed by atoms with van der Waals surface area (Å²) in [5.74, 6) is 0.260. The Balaban J connectivity index is 1.98. The second-order valence-corrected chi connectivity index (χ2v) is 4.39. The van der Waals surface area contributed by atoms with Crippen molar-refractivity contribution in [2.45, 2.75) is 13.0 Å². The second-order valence-electron chi connectivity index (χ2n) is 4.39. The summed E-state index contributed by atoms with van der Waals surface area (Å²) < 4.78 is 18.8. The summed E-state index contributed by atoms with van der Waals surface area (Å²) in [6.07, 6.45) is 2.19. The van der Waals surface area contributed by atoms with Crippen LogP contribution in [0.5, 0.6) is 11.6 Å². The average Bonchev–Trinajstić information content (AvgIpc) is 2.49. The van der Waals surface area contributed by atoms with Crippen molar-refractivity contribution < 1.29 is 9.13 Å². The van der Waals surface area contributed by atoms with Gasteiger partial charge in [-0.2, -0.15) is 5.26 Å². The molecule has 5 nitrogen and oxygen atoms in total. The van der Waals surface area contributed by atoms with Crippen molar-refractivity contribution in [2.75, 3.05) is 6.54 Å². The molecule has 6 heteroatoms. The van der Waals surface area contributed by atoms with E-state index in [1.807, 2.05) is 6.07 Å². The van der Waals surface area contributed by atoms with Gasteiger partial charge in [-0.15, -0.1) is 0 Å². The Labute approximate surface area is 115 Å². The minimum absolute atomic E-state index is 0.145. The number of fused-ring (bicyclic) bond motifs is 1. The molecule has 0 bridgehead atoms. The number of hydrogen-bond donors (Lipinski definition) is 1. The molecule has 20 heavy (non-hydrogen) atoms. The second kappa shape index (κ2) is 5.23. The lowest BCUT2D eigenvalue weighted by Crippen LogP contribution is -2.25. The van der Waals surface area contributed by atoms with E-state index in [9.17, 15) is 4.39 Å². The maximum Gasteiger partial charge on any atom is 0.225 e. The van der Waals surface area contributed by atoms with E-state index in [0.717, 1.165) is 30.3 Å². The first kappa shape index (κ1) is 12.5. The Morgan fingerprint density at radius 1 is 1.35 bits per heavy atom. The highest BCUT2D eigenvalue weighted by Gasteiger charge is 2.17. The van der Waals surface area contributed by atoms with Crippen molar-refractivity contribution >= 4 is 0 Å². The van der Waals surface area contributed by atoms with Gasteiger partial charge in [0.25, 0.3) is 0 Å². The monoisotopic (exact) mass is 270 g/mol. The first-order valence-corrected chi connectivity index (χ1v) is 6.19. The van der Waals surface area contributed by atoms with Gasteiger partial charge in [-0.1, -0.05) is 0 Å². The molecule has 0 saturated heterocycles. The molecule has 3 rings (SSSR count). The largest absolute Gasteiger partial charge is 0.437 e. The zero-order valence-electron chi connectivity index (χ0n) is 10.6. The number of benzene rings is 1. The van der Waals surface area contributed by atoms with Crippen LogP contribution in [0.15, 0.2) is 24.5 Å². The first-order chi connectivity index (χ1) is 9.78. The van der Waals surface area contributed by atoms with E-state index in [1.165, 1.54) is 18.5 Å². The number of rotatable bonds is 2. The minimum atomic E-state index is -0.470. The summed E-state index contributed by atoms with van der Waals surface area (Å²) in [6, 6.07) is 5.75. The first-order valence-electron chi connectivity index (χ1n) is 6.19. The molecular formula is C14H11FN4O. The zero-order valence-corrected chi connectivity index (χ0v) is 10.6. The smallest absolute Gasteiger partial charge is 0.225 e. The number of halogens is 1. The van der Waals surface area contributed by atoms with Gasteiger partial charge in [-0.25, -0.2) is 14.4 Å². The fraction of sp³-hybridized carbons (Fsp3) is 0.214. The molecule has 0 unspecified atom stereocenters. The van der Waals surface area contributed by atoms with E-state index >= 15 is 0 Å². The Morgan fingerprint density at radius 2 is 2.25 bits per heavy atom. The third-order valence-electron chi connectivity index (χ3n) is 3.11. The maximum absolute atomic E-state index is 13.1. The van der Waals surface area contributed by atoms with Crippen molar-refractivity contribution in [3.05, 3.63) is 47.2 Å². The van der Waals surface area contributed by atoms with Crippen LogP contribution in [0, 0.1) is 17.1 Å². The van der Waals surface area contributed by atoms with Crippen LogP contribution in [-0.4, -0.2) is 16.5 Å². The Morgan fingerprint density at radius 3 is 3.10 bits per heavy atom. The van der Waals surface area contributed by atoms with Crippen LogP contribution in [0.4, 0.5) is 4.39 Å². The van der Waals surface area contributed by atoms with Gasteiger partial charge >= 0.3 is 0 Å². The van der Waals surface area contributed by atoms with Gasteiger partial charge in [-0.3, -0.25) is 0 Å². The van der Waals surface area contributed by atoms with Crippen molar-refractivity contribution in [1.82, 2.24) is 15.3 Å².